The third kappa shape index (κ3) is 3.12. The van der Waals surface area contributed by atoms with E-state index in [4.69, 9.17) is 28.3 Å². The molecule has 1 aromatic carbocycles. The Morgan fingerprint density at radius 1 is 1.25 bits per heavy atom. The Balaban J connectivity index is 1.87. The third-order valence-corrected chi connectivity index (χ3v) is 4.64. The van der Waals surface area contributed by atoms with Gasteiger partial charge in [0.25, 0.3) is 5.91 Å². The molecule has 0 radical (unpaired) electrons. The Morgan fingerprint density at radius 3 is 2.67 bits per heavy atom. The molecule has 1 atom stereocenters. The smallest absolute Gasteiger partial charge is 0.407 e. The van der Waals surface area contributed by atoms with Gasteiger partial charge in [-0.05, 0) is 25.1 Å². The van der Waals surface area contributed by atoms with Crippen LogP contribution in [0.1, 0.15) is 17.3 Å². The van der Waals surface area contributed by atoms with Crippen LogP contribution in [0.3, 0.4) is 0 Å². The number of nitrogens with zero attached hydrogens (tertiary/aromatic N) is 3. The average molecular weight is 368 g/mol. The highest BCUT2D eigenvalue weighted by atomic mass is 35.5. The second kappa shape index (κ2) is 6.45. The number of aromatic nitrogens is 1. The summed E-state index contributed by atoms with van der Waals surface area (Å²) in [5, 5.41) is 10.5. The van der Waals surface area contributed by atoms with E-state index in [1.54, 1.807) is 29.2 Å². The minimum atomic E-state index is -0.965. The Bertz CT molecular complexity index is 828. The van der Waals surface area contributed by atoms with Crippen molar-refractivity contribution in [3.63, 3.8) is 0 Å². The maximum atomic E-state index is 12.8. The molecule has 6 nitrogen and oxygen atoms in total. The van der Waals surface area contributed by atoms with Crippen molar-refractivity contribution in [2.75, 3.05) is 19.6 Å². The largest absolute Gasteiger partial charge is 0.465 e. The topological polar surface area (TPSA) is 73.7 Å². The molecular weight excluding hydrogens is 353 g/mol. The molecule has 0 saturated carbocycles. The predicted molar refractivity (Wildman–Crippen MR) is 91.9 cm³/mol. The molecule has 2 amide bonds. The number of carboxylic acid groups (broad SMARTS) is 1. The summed E-state index contributed by atoms with van der Waals surface area (Å²) < 4.78 is 0. The number of hydrogen-bond donors (Lipinski definition) is 1. The van der Waals surface area contributed by atoms with Crippen LogP contribution in [-0.2, 0) is 0 Å². The van der Waals surface area contributed by atoms with Gasteiger partial charge in [-0.2, -0.15) is 0 Å². The summed E-state index contributed by atoms with van der Waals surface area (Å²) in [5.41, 5.74) is 1.03. The Kier molecular flexibility index (Phi) is 4.51. The molecule has 1 unspecified atom stereocenters. The Morgan fingerprint density at radius 2 is 2.00 bits per heavy atom. The molecule has 1 aromatic heterocycles. The van der Waals surface area contributed by atoms with Crippen LogP contribution in [0.25, 0.3) is 10.9 Å². The molecular formula is C16H15Cl2N3O3. The summed E-state index contributed by atoms with van der Waals surface area (Å²) in [4.78, 5) is 31.0. The van der Waals surface area contributed by atoms with Crippen LogP contribution in [-0.4, -0.2) is 57.6 Å². The minimum absolute atomic E-state index is 0.160. The second-order valence-electron chi connectivity index (χ2n) is 5.73. The van der Waals surface area contributed by atoms with Gasteiger partial charge in [-0.1, -0.05) is 29.3 Å². The van der Waals surface area contributed by atoms with E-state index in [0.717, 1.165) is 5.39 Å². The van der Waals surface area contributed by atoms with E-state index in [-0.39, 0.29) is 17.1 Å². The van der Waals surface area contributed by atoms with E-state index < -0.39 is 6.09 Å². The monoisotopic (exact) mass is 367 g/mol. The van der Waals surface area contributed by atoms with Crippen LogP contribution in [0.4, 0.5) is 4.79 Å². The van der Waals surface area contributed by atoms with Crippen molar-refractivity contribution in [1.82, 2.24) is 14.8 Å². The number of benzene rings is 1. The van der Waals surface area contributed by atoms with E-state index >= 15 is 0 Å². The molecule has 2 heterocycles. The number of rotatable bonds is 1. The molecule has 2 aromatic rings. The van der Waals surface area contributed by atoms with Crippen molar-refractivity contribution in [2.24, 2.45) is 0 Å². The molecule has 1 saturated heterocycles. The quantitative estimate of drug-likeness (QED) is 0.784. The Hall–Kier alpha value is -2.05. The molecule has 1 fully saturated rings. The molecule has 1 aliphatic rings. The first-order valence-electron chi connectivity index (χ1n) is 7.41. The van der Waals surface area contributed by atoms with Crippen LogP contribution in [0.15, 0.2) is 24.3 Å². The molecule has 1 aliphatic heterocycles. The molecule has 3 rings (SSSR count). The highest BCUT2D eigenvalue weighted by molar-refractivity contribution is 6.37. The summed E-state index contributed by atoms with van der Waals surface area (Å²) >= 11 is 12.1. The minimum Gasteiger partial charge on any atom is -0.465 e. The standard InChI is InChI=1S/C16H15Cl2N3O3/c1-9-8-20(16(23)24)4-5-21(9)15(22)10-2-3-11-12(17)7-14(18)19-13(11)6-10/h2-3,6-7,9H,4-5,8H2,1H3,(H,23,24). The van der Waals surface area contributed by atoms with Gasteiger partial charge >= 0.3 is 6.09 Å². The van der Waals surface area contributed by atoms with E-state index in [0.29, 0.717) is 35.7 Å². The number of piperazine rings is 1. The van der Waals surface area contributed by atoms with E-state index in [9.17, 15) is 9.59 Å². The maximum absolute atomic E-state index is 12.8. The fraction of sp³-hybridized carbons (Fsp3) is 0.312. The van der Waals surface area contributed by atoms with Gasteiger partial charge in [0, 0.05) is 36.6 Å². The fourth-order valence-corrected chi connectivity index (χ4v) is 3.41. The van der Waals surface area contributed by atoms with E-state index in [2.05, 4.69) is 4.98 Å². The van der Waals surface area contributed by atoms with Gasteiger partial charge in [0.2, 0.25) is 0 Å². The van der Waals surface area contributed by atoms with Gasteiger partial charge in [-0.3, -0.25) is 4.79 Å². The van der Waals surface area contributed by atoms with Gasteiger partial charge in [0.05, 0.1) is 10.5 Å². The summed E-state index contributed by atoms with van der Waals surface area (Å²) in [7, 11) is 0. The van der Waals surface area contributed by atoms with Crippen molar-refractivity contribution in [3.8, 4) is 0 Å². The summed E-state index contributed by atoms with van der Waals surface area (Å²) in [6.45, 7) is 2.79. The molecule has 126 valence electrons. The van der Waals surface area contributed by atoms with Crippen molar-refractivity contribution in [1.29, 1.82) is 0 Å². The molecule has 1 N–H and O–H groups in total. The van der Waals surface area contributed by atoms with Crippen molar-refractivity contribution in [3.05, 3.63) is 40.0 Å². The lowest BCUT2D eigenvalue weighted by Crippen LogP contribution is -2.55. The average Bonchev–Trinajstić information content (AvgIpc) is 2.53. The van der Waals surface area contributed by atoms with Gasteiger partial charge in [0.15, 0.2) is 0 Å². The van der Waals surface area contributed by atoms with Gasteiger partial charge in [-0.25, -0.2) is 9.78 Å². The molecule has 0 spiro atoms. The number of carbonyl (C=O) groups is 2. The predicted octanol–water partition coefficient (Wildman–Crippen LogP) is 3.37. The fourth-order valence-electron chi connectivity index (χ4n) is 2.89. The molecule has 24 heavy (non-hydrogen) atoms. The summed E-state index contributed by atoms with van der Waals surface area (Å²) in [6, 6.07) is 6.45. The normalized spacial score (nSPS) is 18.0. The second-order valence-corrected chi connectivity index (χ2v) is 6.53. The maximum Gasteiger partial charge on any atom is 0.407 e. The summed E-state index contributed by atoms with van der Waals surface area (Å²) in [5.74, 6) is -0.160. The number of pyridine rings is 1. The van der Waals surface area contributed by atoms with E-state index in [1.807, 2.05) is 6.92 Å². The summed E-state index contributed by atoms with van der Waals surface area (Å²) in [6.07, 6.45) is -0.965. The molecule has 8 heteroatoms. The van der Waals surface area contributed by atoms with Gasteiger partial charge in [-0.15, -0.1) is 0 Å². The lowest BCUT2D eigenvalue weighted by Gasteiger charge is -2.38. The zero-order valence-electron chi connectivity index (χ0n) is 12.9. The lowest BCUT2D eigenvalue weighted by atomic mass is 10.1. The first kappa shape index (κ1) is 16.8. The van der Waals surface area contributed by atoms with Gasteiger partial charge in [0.1, 0.15) is 5.15 Å². The van der Waals surface area contributed by atoms with Gasteiger partial charge < -0.3 is 14.9 Å². The number of halogens is 2. The third-order valence-electron chi connectivity index (χ3n) is 4.13. The van der Waals surface area contributed by atoms with E-state index in [1.165, 1.54) is 4.90 Å². The first-order chi connectivity index (χ1) is 11.4. The van der Waals surface area contributed by atoms with Crippen molar-refractivity contribution in [2.45, 2.75) is 13.0 Å². The van der Waals surface area contributed by atoms with Crippen LogP contribution in [0.2, 0.25) is 10.2 Å². The first-order valence-corrected chi connectivity index (χ1v) is 8.17. The van der Waals surface area contributed by atoms with Crippen LogP contribution >= 0.6 is 23.2 Å². The number of fused-ring (bicyclic) bond motifs is 1. The molecule has 0 aliphatic carbocycles. The molecule has 0 bridgehead atoms. The number of amides is 2. The number of hydrogen-bond acceptors (Lipinski definition) is 3. The van der Waals surface area contributed by atoms with Crippen LogP contribution in [0.5, 0.6) is 0 Å². The van der Waals surface area contributed by atoms with Crippen molar-refractivity contribution < 1.29 is 14.7 Å². The van der Waals surface area contributed by atoms with Crippen molar-refractivity contribution >= 4 is 46.1 Å². The van der Waals surface area contributed by atoms with Crippen LogP contribution < -0.4 is 0 Å². The van der Waals surface area contributed by atoms with Crippen LogP contribution in [0, 0.1) is 0 Å². The SMILES string of the molecule is CC1CN(C(=O)O)CCN1C(=O)c1ccc2c(Cl)cc(Cl)nc2c1. The lowest BCUT2D eigenvalue weighted by molar-refractivity contribution is 0.0484. The zero-order chi connectivity index (χ0) is 17.4. The Labute approximate surface area is 148 Å². The number of carbonyl (C=O) groups excluding carboxylic acids is 1. The highest BCUT2D eigenvalue weighted by Crippen LogP contribution is 2.26. The zero-order valence-corrected chi connectivity index (χ0v) is 14.4. The highest BCUT2D eigenvalue weighted by Gasteiger charge is 2.30.